The Balaban J connectivity index is 1.65. The first-order valence-corrected chi connectivity index (χ1v) is 8.60. The lowest BCUT2D eigenvalue weighted by Gasteiger charge is -2.06. The van der Waals surface area contributed by atoms with Gasteiger partial charge in [0.05, 0.1) is 12.8 Å². The van der Waals surface area contributed by atoms with E-state index in [0.717, 1.165) is 33.8 Å². The van der Waals surface area contributed by atoms with E-state index in [2.05, 4.69) is 54.1 Å². The van der Waals surface area contributed by atoms with Gasteiger partial charge in [-0.15, -0.1) is 0 Å². The number of aromatic nitrogens is 1. The SMILES string of the molecule is COc1ccc(-n2cc(C=Nc3cccc4ccccc34)cc2C)cc1. The van der Waals surface area contributed by atoms with Crippen LogP contribution in [0.5, 0.6) is 5.75 Å². The first kappa shape index (κ1) is 16.2. The third-order valence-electron chi connectivity index (χ3n) is 4.50. The normalized spacial score (nSPS) is 11.3. The van der Waals surface area contributed by atoms with Gasteiger partial charge < -0.3 is 9.30 Å². The second-order valence-corrected chi connectivity index (χ2v) is 6.24. The predicted octanol–water partition coefficient (Wildman–Crippen LogP) is 5.70. The molecule has 3 nitrogen and oxygen atoms in total. The lowest BCUT2D eigenvalue weighted by molar-refractivity contribution is 0.414. The molecule has 128 valence electrons. The van der Waals surface area contributed by atoms with E-state index in [-0.39, 0.29) is 0 Å². The van der Waals surface area contributed by atoms with Gasteiger partial charge in [0.2, 0.25) is 0 Å². The van der Waals surface area contributed by atoms with Crippen LogP contribution in [-0.4, -0.2) is 17.9 Å². The van der Waals surface area contributed by atoms with E-state index in [1.807, 2.05) is 42.6 Å². The molecule has 0 amide bonds. The molecule has 0 spiro atoms. The number of benzene rings is 3. The van der Waals surface area contributed by atoms with E-state index >= 15 is 0 Å². The first-order valence-electron chi connectivity index (χ1n) is 8.60. The Bertz CT molecular complexity index is 1070. The van der Waals surface area contributed by atoms with E-state index in [1.54, 1.807) is 7.11 Å². The van der Waals surface area contributed by atoms with Crippen LogP contribution in [0.25, 0.3) is 16.5 Å². The molecule has 0 unspecified atom stereocenters. The smallest absolute Gasteiger partial charge is 0.119 e. The maximum absolute atomic E-state index is 5.23. The van der Waals surface area contributed by atoms with Gasteiger partial charge in [0, 0.05) is 34.7 Å². The van der Waals surface area contributed by atoms with Gasteiger partial charge in [-0.25, -0.2) is 0 Å². The zero-order valence-electron chi connectivity index (χ0n) is 14.9. The molecule has 0 saturated heterocycles. The summed E-state index contributed by atoms with van der Waals surface area (Å²) in [5.41, 5.74) is 4.33. The zero-order chi connectivity index (χ0) is 17.9. The Labute approximate surface area is 153 Å². The van der Waals surface area contributed by atoms with Gasteiger partial charge >= 0.3 is 0 Å². The maximum atomic E-state index is 5.23. The Hall–Kier alpha value is -3.33. The van der Waals surface area contributed by atoms with Gasteiger partial charge in [0.15, 0.2) is 0 Å². The van der Waals surface area contributed by atoms with Gasteiger partial charge in [0.25, 0.3) is 0 Å². The fourth-order valence-electron chi connectivity index (χ4n) is 3.16. The molecule has 3 aromatic carbocycles. The quantitative estimate of drug-likeness (QED) is 0.438. The number of hydrogen-bond acceptors (Lipinski definition) is 2. The Morgan fingerprint density at radius 3 is 2.50 bits per heavy atom. The Morgan fingerprint density at radius 1 is 0.923 bits per heavy atom. The molecule has 0 bridgehead atoms. The molecule has 0 saturated carbocycles. The highest BCUT2D eigenvalue weighted by Gasteiger charge is 2.04. The molecule has 0 atom stereocenters. The molecule has 4 aromatic rings. The van der Waals surface area contributed by atoms with Crippen molar-refractivity contribution in [3.8, 4) is 11.4 Å². The third-order valence-corrected chi connectivity index (χ3v) is 4.50. The second kappa shape index (κ2) is 6.89. The number of fused-ring (bicyclic) bond motifs is 1. The molecule has 1 heterocycles. The molecule has 26 heavy (non-hydrogen) atoms. The van der Waals surface area contributed by atoms with E-state index in [4.69, 9.17) is 9.73 Å². The van der Waals surface area contributed by atoms with Crippen LogP contribution in [0.3, 0.4) is 0 Å². The summed E-state index contributed by atoms with van der Waals surface area (Å²) in [6, 6.07) is 24.7. The van der Waals surface area contributed by atoms with E-state index in [0.29, 0.717) is 0 Å². The molecule has 1 aromatic heterocycles. The van der Waals surface area contributed by atoms with Crippen LogP contribution >= 0.6 is 0 Å². The average Bonchev–Trinajstić information content (AvgIpc) is 3.07. The molecule has 0 N–H and O–H groups in total. The van der Waals surface area contributed by atoms with Gasteiger partial charge in [-0.2, -0.15) is 0 Å². The van der Waals surface area contributed by atoms with Crippen molar-refractivity contribution in [1.29, 1.82) is 0 Å². The van der Waals surface area contributed by atoms with Crippen molar-refractivity contribution in [2.75, 3.05) is 7.11 Å². The van der Waals surface area contributed by atoms with Crippen molar-refractivity contribution in [3.63, 3.8) is 0 Å². The largest absolute Gasteiger partial charge is 0.497 e. The first-order chi connectivity index (χ1) is 12.7. The van der Waals surface area contributed by atoms with Crippen molar-refractivity contribution < 1.29 is 4.74 Å². The summed E-state index contributed by atoms with van der Waals surface area (Å²) in [5, 5.41) is 2.37. The molecular formula is C23H20N2O. The van der Waals surface area contributed by atoms with Gasteiger partial charge in [-0.1, -0.05) is 36.4 Å². The maximum Gasteiger partial charge on any atom is 0.119 e. The predicted molar refractivity (Wildman–Crippen MR) is 108 cm³/mol. The second-order valence-electron chi connectivity index (χ2n) is 6.24. The monoisotopic (exact) mass is 340 g/mol. The van der Waals surface area contributed by atoms with Crippen molar-refractivity contribution in [2.24, 2.45) is 4.99 Å². The van der Waals surface area contributed by atoms with Gasteiger partial charge in [0.1, 0.15) is 5.75 Å². The molecule has 0 radical (unpaired) electrons. The molecule has 0 aliphatic heterocycles. The lowest BCUT2D eigenvalue weighted by Crippen LogP contribution is -1.94. The lowest BCUT2D eigenvalue weighted by atomic mass is 10.1. The summed E-state index contributed by atoms with van der Waals surface area (Å²) in [7, 11) is 1.68. The van der Waals surface area contributed by atoms with Crippen molar-refractivity contribution in [2.45, 2.75) is 6.92 Å². The van der Waals surface area contributed by atoms with Crippen molar-refractivity contribution >= 4 is 22.7 Å². The van der Waals surface area contributed by atoms with Crippen LogP contribution < -0.4 is 4.74 Å². The van der Waals surface area contributed by atoms with Crippen LogP contribution in [0, 0.1) is 6.92 Å². The highest BCUT2D eigenvalue weighted by Crippen LogP contribution is 2.26. The standard InChI is InChI=1S/C23H20N2O/c1-17-14-18(16-25(17)20-10-12-21(26-2)13-11-20)15-24-23-9-5-7-19-6-3-4-8-22(19)23/h3-16H,1-2H3. The minimum Gasteiger partial charge on any atom is -0.497 e. The number of nitrogens with zero attached hydrogens (tertiary/aromatic N) is 2. The van der Waals surface area contributed by atoms with Crippen LogP contribution in [0.2, 0.25) is 0 Å². The van der Waals surface area contributed by atoms with E-state index < -0.39 is 0 Å². The minimum atomic E-state index is 0.858. The number of hydrogen-bond donors (Lipinski definition) is 0. The summed E-state index contributed by atoms with van der Waals surface area (Å²) in [5.74, 6) is 0.858. The summed E-state index contributed by atoms with van der Waals surface area (Å²) in [4.78, 5) is 4.72. The average molecular weight is 340 g/mol. The number of aliphatic imine (C=N–C) groups is 1. The van der Waals surface area contributed by atoms with Crippen LogP contribution in [-0.2, 0) is 0 Å². The molecular weight excluding hydrogens is 320 g/mol. The topological polar surface area (TPSA) is 26.5 Å². The van der Waals surface area contributed by atoms with Gasteiger partial charge in [-0.3, -0.25) is 4.99 Å². The van der Waals surface area contributed by atoms with Crippen LogP contribution in [0.15, 0.2) is 84.0 Å². The fraction of sp³-hybridized carbons (Fsp3) is 0.0870. The molecule has 4 rings (SSSR count). The summed E-state index contributed by atoms with van der Waals surface area (Å²) >= 11 is 0. The molecule has 0 aliphatic rings. The summed E-state index contributed by atoms with van der Waals surface area (Å²) in [6.45, 7) is 2.10. The fourth-order valence-corrected chi connectivity index (χ4v) is 3.16. The third kappa shape index (κ3) is 3.11. The Kier molecular flexibility index (Phi) is 4.28. The van der Waals surface area contributed by atoms with Crippen molar-refractivity contribution in [1.82, 2.24) is 4.57 Å². The zero-order valence-corrected chi connectivity index (χ0v) is 14.9. The summed E-state index contributed by atoms with van der Waals surface area (Å²) in [6.07, 6.45) is 4.03. The molecule has 3 heteroatoms. The van der Waals surface area contributed by atoms with Crippen LogP contribution in [0.1, 0.15) is 11.3 Å². The Morgan fingerprint density at radius 2 is 1.69 bits per heavy atom. The number of rotatable bonds is 4. The number of ether oxygens (including phenoxy) is 1. The molecule has 0 aliphatic carbocycles. The number of methoxy groups -OCH3 is 1. The van der Waals surface area contributed by atoms with E-state index in [9.17, 15) is 0 Å². The molecule has 0 fully saturated rings. The van der Waals surface area contributed by atoms with Crippen molar-refractivity contribution in [3.05, 3.63) is 90.3 Å². The van der Waals surface area contributed by atoms with Crippen LogP contribution in [0.4, 0.5) is 5.69 Å². The van der Waals surface area contributed by atoms with E-state index in [1.165, 1.54) is 5.39 Å². The highest BCUT2D eigenvalue weighted by atomic mass is 16.5. The van der Waals surface area contributed by atoms with Gasteiger partial charge in [-0.05, 0) is 48.7 Å². The number of aryl methyl sites for hydroxylation is 1. The summed E-state index contributed by atoms with van der Waals surface area (Å²) < 4.78 is 7.39. The minimum absolute atomic E-state index is 0.858. The highest BCUT2D eigenvalue weighted by molar-refractivity contribution is 5.95.